The summed E-state index contributed by atoms with van der Waals surface area (Å²) in [5.41, 5.74) is 1.13. The number of nitrogens with zero attached hydrogens (tertiary/aromatic N) is 1. The minimum atomic E-state index is 0.801. The van der Waals surface area contributed by atoms with Crippen molar-refractivity contribution in [3.63, 3.8) is 0 Å². The molecule has 0 atom stereocenters. The van der Waals surface area contributed by atoms with Gasteiger partial charge in [0.2, 0.25) is 0 Å². The van der Waals surface area contributed by atoms with Crippen LogP contribution in [-0.2, 0) is 6.54 Å². The summed E-state index contributed by atoms with van der Waals surface area (Å²) >= 11 is 2.28. The van der Waals surface area contributed by atoms with Crippen molar-refractivity contribution >= 4 is 22.6 Å². The number of rotatable bonds is 6. The van der Waals surface area contributed by atoms with Gasteiger partial charge >= 0.3 is 0 Å². The van der Waals surface area contributed by atoms with Crippen LogP contribution in [0.5, 0.6) is 11.5 Å². The van der Waals surface area contributed by atoms with Gasteiger partial charge in [-0.15, -0.1) is 0 Å². The van der Waals surface area contributed by atoms with Crippen LogP contribution in [0.4, 0.5) is 0 Å². The number of halogens is 1. The van der Waals surface area contributed by atoms with Gasteiger partial charge < -0.3 is 10.1 Å². The molecule has 1 heterocycles. The van der Waals surface area contributed by atoms with Crippen molar-refractivity contribution in [3.8, 4) is 11.5 Å². The van der Waals surface area contributed by atoms with Crippen LogP contribution in [0.25, 0.3) is 0 Å². The minimum absolute atomic E-state index is 0.801. The van der Waals surface area contributed by atoms with Crippen LogP contribution in [-0.4, -0.2) is 11.5 Å². The van der Waals surface area contributed by atoms with E-state index in [1.54, 1.807) is 12.4 Å². The maximum atomic E-state index is 5.91. The molecule has 0 spiro atoms. The van der Waals surface area contributed by atoms with Gasteiger partial charge in [0.05, 0.1) is 6.20 Å². The SMILES string of the molecule is CCCNCc1ccncc1Oc1cccc(I)c1. The van der Waals surface area contributed by atoms with Crippen LogP contribution in [0.3, 0.4) is 0 Å². The summed E-state index contributed by atoms with van der Waals surface area (Å²) in [6, 6.07) is 9.99. The maximum absolute atomic E-state index is 5.91. The summed E-state index contributed by atoms with van der Waals surface area (Å²) < 4.78 is 7.07. The number of nitrogens with one attached hydrogen (secondary N) is 1. The van der Waals surface area contributed by atoms with Crippen molar-refractivity contribution in [2.75, 3.05) is 6.54 Å². The molecule has 1 N–H and O–H groups in total. The highest BCUT2D eigenvalue weighted by atomic mass is 127. The molecule has 4 heteroatoms. The largest absolute Gasteiger partial charge is 0.455 e. The molecule has 0 amide bonds. The first-order valence-corrected chi connectivity index (χ1v) is 7.44. The molecule has 0 aliphatic heterocycles. The first-order valence-electron chi connectivity index (χ1n) is 6.36. The second-order valence-corrected chi connectivity index (χ2v) is 5.47. The van der Waals surface area contributed by atoms with Crippen LogP contribution >= 0.6 is 22.6 Å². The normalized spacial score (nSPS) is 10.4. The second-order valence-electron chi connectivity index (χ2n) is 4.22. The average Bonchev–Trinajstić information content (AvgIpc) is 2.41. The Balaban J connectivity index is 2.11. The molecule has 100 valence electrons. The fourth-order valence-corrected chi connectivity index (χ4v) is 2.22. The Morgan fingerprint density at radius 3 is 3.00 bits per heavy atom. The highest BCUT2D eigenvalue weighted by Crippen LogP contribution is 2.25. The third kappa shape index (κ3) is 4.47. The predicted octanol–water partition coefficient (Wildman–Crippen LogP) is 3.98. The van der Waals surface area contributed by atoms with E-state index in [0.717, 1.165) is 40.1 Å². The highest BCUT2D eigenvalue weighted by molar-refractivity contribution is 14.1. The quantitative estimate of drug-likeness (QED) is 0.619. The number of hydrogen-bond donors (Lipinski definition) is 1. The number of benzene rings is 1. The van der Waals surface area contributed by atoms with Crippen LogP contribution < -0.4 is 10.1 Å². The van der Waals surface area contributed by atoms with E-state index in [4.69, 9.17) is 4.74 Å². The molecule has 0 radical (unpaired) electrons. The molecular formula is C15H17IN2O. The molecule has 3 nitrogen and oxygen atoms in total. The highest BCUT2D eigenvalue weighted by Gasteiger charge is 2.05. The first kappa shape index (κ1) is 14.3. The fourth-order valence-electron chi connectivity index (χ4n) is 1.70. The summed E-state index contributed by atoms with van der Waals surface area (Å²) in [5, 5.41) is 3.38. The molecule has 2 rings (SSSR count). The van der Waals surface area contributed by atoms with Crippen molar-refractivity contribution in [2.24, 2.45) is 0 Å². The smallest absolute Gasteiger partial charge is 0.150 e. The maximum Gasteiger partial charge on any atom is 0.150 e. The first-order chi connectivity index (χ1) is 9.29. The zero-order valence-electron chi connectivity index (χ0n) is 10.9. The van der Waals surface area contributed by atoms with E-state index in [1.165, 1.54) is 0 Å². The van der Waals surface area contributed by atoms with Gasteiger partial charge in [0, 0.05) is 21.9 Å². The monoisotopic (exact) mass is 368 g/mol. The lowest BCUT2D eigenvalue weighted by Gasteiger charge is -2.11. The minimum Gasteiger partial charge on any atom is -0.455 e. The molecule has 1 aromatic heterocycles. The van der Waals surface area contributed by atoms with Gasteiger partial charge in [0.15, 0.2) is 0 Å². The van der Waals surface area contributed by atoms with Gasteiger partial charge in [-0.1, -0.05) is 13.0 Å². The van der Waals surface area contributed by atoms with Gasteiger partial charge in [-0.3, -0.25) is 4.98 Å². The van der Waals surface area contributed by atoms with E-state index in [9.17, 15) is 0 Å². The summed E-state index contributed by atoms with van der Waals surface area (Å²) in [4.78, 5) is 4.14. The van der Waals surface area contributed by atoms with Gasteiger partial charge in [0.25, 0.3) is 0 Å². The second kappa shape index (κ2) is 7.45. The molecule has 0 saturated carbocycles. The summed E-state index contributed by atoms with van der Waals surface area (Å²) in [5.74, 6) is 1.66. The van der Waals surface area contributed by atoms with Crippen molar-refractivity contribution in [3.05, 3.63) is 51.9 Å². The Hall–Kier alpha value is -1.14. The zero-order valence-corrected chi connectivity index (χ0v) is 13.1. The Kier molecular flexibility index (Phi) is 5.60. The molecule has 0 aliphatic rings. The third-order valence-electron chi connectivity index (χ3n) is 2.64. The van der Waals surface area contributed by atoms with Crippen molar-refractivity contribution in [1.82, 2.24) is 10.3 Å². The zero-order chi connectivity index (χ0) is 13.5. The van der Waals surface area contributed by atoms with E-state index in [1.807, 2.05) is 30.3 Å². The molecule has 19 heavy (non-hydrogen) atoms. The molecular weight excluding hydrogens is 351 g/mol. The molecule has 0 unspecified atom stereocenters. The number of ether oxygens (including phenoxy) is 1. The van der Waals surface area contributed by atoms with Gasteiger partial charge in [-0.25, -0.2) is 0 Å². The number of hydrogen-bond acceptors (Lipinski definition) is 3. The Labute approximate surface area is 127 Å². The fraction of sp³-hybridized carbons (Fsp3) is 0.267. The lowest BCUT2D eigenvalue weighted by molar-refractivity contribution is 0.470. The molecule has 2 aromatic rings. The third-order valence-corrected chi connectivity index (χ3v) is 3.31. The number of aromatic nitrogens is 1. The molecule has 1 aromatic carbocycles. The molecule has 0 bridgehead atoms. The van der Waals surface area contributed by atoms with Crippen LogP contribution in [0.2, 0.25) is 0 Å². The van der Waals surface area contributed by atoms with Gasteiger partial charge in [-0.2, -0.15) is 0 Å². The molecule has 0 saturated heterocycles. The molecule has 0 aliphatic carbocycles. The lowest BCUT2D eigenvalue weighted by atomic mass is 10.2. The van der Waals surface area contributed by atoms with E-state index >= 15 is 0 Å². The van der Waals surface area contributed by atoms with Crippen molar-refractivity contribution in [2.45, 2.75) is 19.9 Å². The topological polar surface area (TPSA) is 34.2 Å². The average molecular weight is 368 g/mol. The van der Waals surface area contributed by atoms with Crippen LogP contribution in [0.1, 0.15) is 18.9 Å². The standard InChI is InChI=1S/C15H17IN2O/c1-2-7-17-10-12-6-8-18-11-15(12)19-14-5-3-4-13(16)9-14/h3-6,8-9,11,17H,2,7,10H2,1H3. The summed E-state index contributed by atoms with van der Waals surface area (Å²) in [6.45, 7) is 3.96. The predicted molar refractivity (Wildman–Crippen MR) is 85.5 cm³/mol. The lowest BCUT2D eigenvalue weighted by Crippen LogP contribution is -2.14. The van der Waals surface area contributed by atoms with Crippen LogP contribution in [0, 0.1) is 3.57 Å². The van der Waals surface area contributed by atoms with E-state index in [-0.39, 0.29) is 0 Å². The van der Waals surface area contributed by atoms with Crippen molar-refractivity contribution in [1.29, 1.82) is 0 Å². The molecule has 0 fully saturated rings. The van der Waals surface area contributed by atoms with E-state index < -0.39 is 0 Å². The Morgan fingerprint density at radius 1 is 1.32 bits per heavy atom. The van der Waals surface area contributed by atoms with Gasteiger partial charge in [0.1, 0.15) is 11.5 Å². The summed E-state index contributed by atoms with van der Waals surface area (Å²) in [6.07, 6.45) is 4.69. The Bertz CT molecular complexity index is 531. The Morgan fingerprint density at radius 2 is 2.21 bits per heavy atom. The van der Waals surface area contributed by atoms with Gasteiger partial charge in [-0.05, 0) is 59.8 Å². The number of pyridine rings is 1. The van der Waals surface area contributed by atoms with Crippen LogP contribution in [0.15, 0.2) is 42.7 Å². The van der Waals surface area contributed by atoms with E-state index in [2.05, 4.69) is 39.8 Å². The van der Waals surface area contributed by atoms with Crippen molar-refractivity contribution < 1.29 is 4.74 Å². The van der Waals surface area contributed by atoms with E-state index in [0.29, 0.717) is 0 Å². The summed E-state index contributed by atoms with van der Waals surface area (Å²) in [7, 11) is 0.